The number of pyridine rings is 1. The van der Waals surface area contributed by atoms with Crippen LogP contribution in [0.25, 0.3) is 39.0 Å². The number of fused-ring (bicyclic) bond motifs is 6. The highest BCUT2D eigenvalue weighted by molar-refractivity contribution is 6.09. The molecule has 8 rings (SSSR count). The van der Waals surface area contributed by atoms with E-state index in [-0.39, 0.29) is 0 Å². The molecule has 4 heterocycles. The summed E-state index contributed by atoms with van der Waals surface area (Å²) in [5.41, 5.74) is 6.77. The molecule has 0 N–H and O–H groups in total. The molecule has 4 aromatic carbocycles. The van der Waals surface area contributed by atoms with Gasteiger partial charge in [0.2, 0.25) is 0 Å². The molecule has 0 aliphatic carbocycles. The van der Waals surface area contributed by atoms with Gasteiger partial charge >= 0.3 is 0 Å². The molecule has 0 saturated carbocycles. The highest BCUT2D eigenvalue weighted by atomic mass is 16.5. The van der Waals surface area contributed by atoms with E-state index in [1.165, 1.54) is 16.3 Å². The molecule has 7 aromatic rings. The molecule has 0 radical (unpaired) electrons. The van der Waals surface area contributed by atoms with Crippen LogP contribution >= 0.6 is 0 Å². The lowest BCUT2D eigenvalue weighted by Crippen LogP contribution is -2.25. The monoisotopic (exact) mass is 547 g/mol. The van der Waals surface area contributed by atoms with Crippen LogP contribution in [0, 0.1) is 0 Å². The number of aromatic nitrogens is 4. The molecular weight excluding hydrogens is 518 g/mol. The highest BCUT2D eigenvalue weighted by Gasteiger charge is 2.23. The average molecular weight is 548 g/mol. The fourth-order valence-corrected chi connectivity index (χ4v) is 6.04. The van der Waals surface area contributed by atoms with Crippen molar-refractivity contribution in [1.29, 1.82) is 0 Å². The van der Waals surface area contributed by atoms with E-state index in [0.29, 0.717) is 12.6 Å². The topological polar surface area (TPSA) is 48.1 Å². The van der Waals surface area contributed by atoms with Gasteiger partial charge in [0.1, 0.15) is 29.8 Å². The van der Waals surface area contributed by atoms with Crippen LogP contribution in [-0.4, -0.2) is 19.1 Å². The molecule has 0 fully saturated rings. The minimum atomic E-state index is 0.415. The van der Waals surface area contributed by atoms with Crippen LogP contribution in [-0.2, 0) is 6.67 Å². The molecule has 42 heavy (non-hydrogen) atoms. The number of imidazole rings is 1. The van der Waals surface area contributed by atoms with Crippen molar-refractivity contribution in [1.82, 2.24) is 19.1 Å². The summed E-state index contributed by atoms with van der Waals surface area (Å²) >= 11 is 0. The second-order valence-electron chi connectivity index (χ2n) is 11.0. The van der Waals surface area contributed by atoms with E-state index in [0.717, 1.165) is 51.1 Å². The van der Waals surface area contributed by atoms with Crippen LogP contribution in [0.2, 0.25) is 0 Å². The number of benzene rings is 4. The first-order valence-corrected chi connectivity index (χ1v) is 14.3. The van der Waals surface area contributed by atoms with Gasteiger partial charge in [-0.1, -0.05) is 50.2 Å². The van der Waals surface area contributed by atoms with Crippen molar-refractivity contribution in [3.05, 3.63) is 127 Å². The Bertz CT molecular complexity index is 2100. The third-order valence-electron chi connectivity index (χ3n) is 8.12. The molecule has 6 nitrogen and oxygen atoms in total. The summed E-state index contributed by atoms with van der Waals surface area (Å²) in [5, 5.41) is 2.37. The molecule has 0 spiro atoms. The predicted molar refractivity (Wildman–Crippen MR) is 169 cm³/mol. The van der Waals surface area contributed by atoms with E-state index in [1.54, 1.807) is 0 Å². The van der Waals surface area contributed by atoms with Crippen molar-refractivity contribution in [2.24, 2.45) is 0 Å². The molecule has 1 aliphatic rings. The average Bonchev–Trinajstić information content (AvgIpc) is 3.63. The Kier molecular flexibility index (Phi) is 5.60. The lowest BCUT2D eigenvalue weighted by atomic mass is 10.1. The lowest BCUT2D eigenvalue weighted by molar-refractivity contribution is 0.483. The van der Waals surface area contributed by atoms with Gasteiger partial charge in [-0.05, 0) is 66.1 Å². The Morgan fingerprint density at radius 3 is 2.48 bits per heavy atom. The van der Waals surface area contributed by atoms with Gasteiger partial charge in [-0.15, -0.1) is 0 Å². The van der Waals surface area contributed by atoms with Gasteiger partial charge < -0.3 is 14.2 Å². The Morgan fingerprint density at radius 2 is 1.55 bits per heavy atom. The maximum atomic E-state index is 6.53. The predicted octanol–water partition coefficient (Wildman–Crippen LogP) is 9.07. The summed E-state index contributed by atoms with van der Waals surface area (Å²) in [6.45, 7) is 5.11. The number of ether oxygens (including phenoxy) is 1. The lowest BCUT2D eigenvalue weighted by Gasteiger charge is -2.32. The molecule has 0 saturated heterocycles. The van der Waals surface area contributed by atoms with Gasteiger partial charge in [0.05, 0.1) is 16.7 Å². The van der Waals surface area contributed by atoms with E-state index in [9.17, 15) is 0 Å². The maximum absolute atomic E-state index is 6.53. The number of hydrogen-bond acceptors (Lipinski definition) is 4. The molecule has 6 heteroatoms. The second-order valence-corrected chi connectivity index (χ2v) is 11.0. The van der Waals surface area contributed by atoms with Crippen molar-refractivity contribution in [2.45, 2.75) is 26.4 Å². The summed E-state index contributed by atoms with van der Waals surface area (Å²) in [7, 11) is 0. The number of anilines is 2. The maximum Gasteiger partial charge on any atom is 0.143 e. The van der Waals surface area contributed by atoms with Gasteiger partial charge in [-0.25, -0.2) is 9.97 Å². The van der Waals surface area contributed by atoms with Crippen LogP contribution < -0.4 is 9.64 Å². The van der Waals surface area contributed by atoms with Crippen LogP contribution in [0.5, 0.6) is 11.5 Å². The zero-order valence-electron chi connectivity index (χ0n) is 23.5. The molecule has 0 bridgehead atoms. The van der Waals surface area contributed by atoms with E-state index in [4.69, 9.17) is 9.72 Å². The summed E-state index contributed by atoms with van der Waals surface area (Å²) in [5.74, 6) is 3.88. The van der Waals surface area contributed by atoms with Gasteiger partial charge in [-0.2, -0.15) is 0 Å². The van der Waals surface area contributed by atoms with Crippen molar-refractivity contribution < 1.29 is 4.74 Å². The normalized spacial score (nSPS) is 12.6. The third kappa shape index (κ3) is 3.95. The van der Waals surface area contributed by atoms with E-state index >= 15 is 0 Å². The Morgan fingerprint density at radius 1 is 0.714 bits per heavy atom. The third-order valence-corrected chi connectivity index (χ3v) is 8.12. The Labute approximate surface area is 244 Å². The quantitative estimate of drug-likeness (QED) is 0.216. The van der Waals surface area contributed by atoms with Gasteiger partial charge in [-0.3, -0.25) is 4.57 Å². The first-order valence-electron chi connectivity index (χ1n) is 14.3. The van der Waals surface area contributed by atoms with Crippen LogP contribution in [0.3, 0.4) is 0 Å². The van der Waals surface area contributed by atoms with Crippen molar-refractivity contribution >= 4 is 33.2 Å². The highest BCUT2D eigenvalue weighted by Crippen LogP contribution is 2.41. The minimum absolute atomic E-state index is 0.415. The van der Waals surface area contributed by atoms with Crippen LogP contribution in [0.1, 0.15) is 25.3 Å². The Balaban J connectivity index is 1.19. The summed E-state index contributed by atoms with van der Waals surface area (Å²) in [4.78, 5) is 11.7. The molecule has 0 unspecified atom stereocenters. The van der Waals surface area contributed by atoms with E-state index < -0.39 is 0 Å². The number of hydrogen-bond donors (Lipinski definition) is 0. The Hall–Kier alpha value is -5.36. The molecule has 0 atom stereocenters. The van der Waals surface area contributed by atoms with Crippen LogP contribution in [0.4, 0.5) is 11.4 Å². The fourth-order valence-electron chi connectivity index (χ4n) is 6.04. The molecule has 204 valence electrons. The summed E-state index contributed by atoms with van der Waals surface area (Å²) in [6.07, 6.45) is 5.79. The zero-order chi connectivity index (χ0) is 28.2. The zero-order valence-corrected chi connectivity index (χ0v) is 23.5. The van der Waals surface area contributed by atoms with Crippen molar-refractivity contribution in [3.63, 3.8) is 0 Å². The van der Waals surface area contributed by atoms with Crippen LogP contribution in [0.15, 0.2) is 122 Å². The summed E-state index contributed by atoms with van der Waals surface area (Å²) < 4.78 is 10.9. The fraction of sp³-hybridized carbons (Fsp3) is 0.111. The van der Waals surface area contributed by atoms with Gasteiger partial charge in [0.25, 0.3) is 0 Å². The van der Waals surface area contributed by atoms with E-state index in [1.807, 2.05) is 30.7 Å². The first-order chi connectivity index (χ1) is 20.6. The second kappa shape index (κ2) is 9.63. The number of para-hydroxylation sites is 2. The first kappa shape index (κ1) is 24.4. The van der Waals surface area contributed by atoms with Gasteiger partial charge in [0.15, 0.2) is 0 Å². The number of nitrogens with zero attached hydrogens (tertiary/aromatic N) is 5. The molecule has 1 aliphatic heterocycles. The largest absolute Gasteiger partial charge is 0.457 e. The molecular formula is C36H29N5O. The van der Waals surface area contributed by atoms with Gasteiger partial charge in [0, 0.05) is 52.7 Å². The SMILES string of the molecule is CC(C)c1ccnc(-n2c3ccccc3c3ccc(Oc4cccc(N5Cn6ccnc6-c6ccccc65)c4)cc32)c1. The minimum Gasteiger partial charge on any atom is -0.457 e. The van der Waals surface area contributed by atoms with Crippen molar-refractivity contribution in [2.75, 3.05) is 4.90 Å². The number of rotatable bonds is 5. The van der Waals surface area contributed by atoms with Crippen molar-refractivity contribution in [3.8, 4) is 28.7 Å². The smallest absolute Gasteiger partial charge is 0.143 e. The summed E-state index contributed by atoms with van der Waals surface area (Å²) in [6, 6.07) is 35.8. The standard InChI is InChI=1S/C36H29N5O/c1-24(2)25-16-17-37-35(20-25)41-33-13-6-3-10-29(33)30-15-14-28(22-34(30)41)42-27-9-7-8-26(21-27)40-23-39-19-18-38-36(39)31-11-4-5-12-32(31)40/h3-22,24H,23H2,1-2H3. The molecule has 3 aromatic heterocycles. The van der Waals surface area contributed by atoms with E-state index in [2.05, 4.69) is 124 Å². The molecule has 0 amide bonds.